The van der Waals surface area contributed by atoms with E-state index in [0.29, 0.717) is 18.0 Å². The molecule has 0 fully saturated rings. The first-order valence-corrected chi connectivity index (χ1v) is 8.42. The van der Waals surface area contributed by atoms with Gasteiger partial charge in [0.1, 0.15) is 0 Å². The lowest BCUT2D eigenvalue weighted by molar-refractivity contribution is 0.168. The fraction of sp³-hybridized carbons (Fsp3) is 0.0952. The number of nitrogens with two attached hydrogens (primary N) is 1. The Morgan fingerprint density at radius 3 is 2.27 bits per heavy atom. The Morgan fingerprint density at radius 1 is 0.923 bits per heavy atom. The van der Waals surface area contributed by atoms with E-state index in [1.54, 1.807) is 6.92 Å². The molecule has 0 saturated heterocycles. The molecule has 3 aromatic carbocycles. The van der Waals surface area contributed by atoms with Crippen LogP contribution in [0.3, 0.4) is 0 Å². The number of nitrogens with zero attached hydrogens (tertiary/aromatic N) is 1. The highest BCUT2D eigenvalue weighted by molar-refractivity contribution is 5.87. The van der Waals surface area contributed by atoms with Gasteiger partial charge in [0.2, 0.25) is 0 Å². The van der Waals surface area contributed by atoms with Gasteiger partial charge in [-0.2, -0.15) is 0 Å². The predicted molar refractivity (Wildman–Crippen MR) is 106 cm³/mol. The van der Waals surface area contributed by atoms with Crippen LogP contribution in [0.25, 0.3) is 0 Å². The fourth-order valence-corrected chi connectivity index (χ4v) is 2.66. The lowest BCUT2D eigenvalue weighted by Crippen LogP contribution is -2.14. The van der Waals surface area contributed by atoms with Crippen molar-refractivity contribution in [3.05, 3.63) is 78.9 Å². The summed E-state index contributed by atoms with van der Waals surface area (Å²) in [5.41, 5.74) is 10.1. The smallest absolute Gasteiger partial charge is 0.411 e. The van der Waals surface area contributed by atoms with Crippen LogP contribution in [-0.2, 0) is 4.74 Å². The van der Waals surface area contributed by atoms with E-state index in [1.165, 1.54) is 0 Å². The van der Waals surface area contributed by atoms with Gasteiger partial charge in [0, 0.05) is 28.4 Å². The molecule has 3 aromatic rings. The molecule has 0 saturated carbocycles. The highest BCUT2D eigenvalue weighted by atomic mass is 16.5. The number of amides is 1. The van der Waals surface area contributed by atoms with Gasteiger partial charge in [-0.05, 0) is 61.5 Å². The standard InChI is InChI=1S/C21H21N3O2/c1-2-26-21(25)23-17-7-6-10-20(15-17)24(18-8-4-3-5-9-18)19-13-11-16(22)12-14-19/h3-15H,2,22H2,1H3,(H,23,25). The molecule has 0 radical (unpaired) electrons. The second-order valence-electron chi connectivity index (χ2n) is 5.66. The van der Waals surface area contributed by atoms with Crippen LogP contribution in [0.4, 0.5) is 33.2 Å². The van der Waals surface area contributed by atoms with Crippen molar-refractivity contribution in [2.45, 2.75) is 6.92 Å². The number of para-hydroxylation sites is 1. The number of nitrogens with one attached hydrogen (secondary N) is 1. The monoisotopic (exact) mass is 347 g/mol. The van der Waals surface area contributed by atoms with Gasteiger partial charge in [-0.25, -0.2) is 4.79 Å². The third kappa shape index (κ3) is 4.13. The van der Waals surface area contributed by atoms with Crippen molar-refractivity contribution in [3.63, 3.8) is 0 Å². The maximum absolute atomic E-state index is 11.7. The summed E-state index contributed by atoms with van der Waals surface area (Å²) in [7, 11) is 0. The zero-order valence-electron chi connectivity index (χ0n) is 14.6. The fourth-order valence-electron chi connectivity index (χ4n) is 2.66. The molecule has 3 N–H and O–H groups in total. The Morgan fingerprint density at radius 2 is 1.58 bits per heavy atom. The van der Waals surface area contributed by atoms with Crippen molar-refractivity contribution < 1.29 is 9.53 Å². The minimum absolute atomic E-state index is 0.326. The Hall–Kier alpha value is -3.47. The van der Waals surface area contributed by atoms with Crippen LogP contribution in [0.15, 0.2) is 78.9 Å². The summed E-state index contributed by atoms with van der Waals surface area (Å²) in [4.78, 5) is 13.8. The lowest BCUT2D eigenvalue weighted by atomic mass is 10.1. The van der Waals surface area contributed by atoms with Crippen molar-refractivity contribution in [2.75, 3.05) is 22.6 Å². The number of rotatable bonds is 5. The first-order valence-electron chi connectivity index (χ1n) is 8.42. The molecule has 3 rings (SSSR count). The average molecular weight is 347 g/mol. The topological polar surface area (TPSA) is 67.6 Å². The predicted octanol–water partition coefficient (Wildman–Crippen LogP) is 5.31. The van der Waals surface area contributed by atoms with Gasteiger partial charge in [0.25, 0.3) is 0 Å². The number of anilines is 5. The number of ether oxygens (including phenoxy) is 1. The Labute approximate surface area is 153 Å². The summed E-state index contributed by atoms with van der Waals surface area (Å²) >= 11 is 0. The van der Waals surface area contributed by atoms with Crippen molar-refractivity contribution >= 4 is 34.5 Å². The third-order valence-corrected chi connectivity index (χ3v) is 3.79. The van der Waals surface area contributed by atoms with Crippen LogP contribution < -0.4 is 16.0 Å². The quantitative estimate of drug-likeness (QED) is 0.614. The summed E-state index contributed by atoms with van der Waals surface area (Å²) < 4.78 is 4.95. The number of benzene rings is 3. The maximum atomic E-state index is 11.7. The lowest BCUT2D eigenvalue weighted by Gasteiger charge is -2.26. The second-order valence-corrected chi connectivity index (χ2v) is 5.66. The van der Waals surface area contributed by atoms with Crippen molar-refractivity contribution in [2.24, 2.45) is 0 Å². The van der Waals surface area contributed by atoms with Crippen molar-refractivity contribution in [1.29, 1.82) is 0 Å². The summed E-state index contributed by atoms with van der Waals surface area (Å²) in [6, 6.07) is 25.3. The van der Waals surface area contributed by atoms with E-state index in [9.17, 15) is 4.79 Å². The van der Waals surface area contributed by atoms with Crippen molar-refractivity contribution in [1.82, 2.24) is 0 Å². The van der Waals surface area contributed by atoms with Crippen LogP contribution >= 0.6 is 0 Å². The Kier molecular flexibility index (Phi) is 5.39. The second kappa shape index (κ2) is 8.07. The van der Waals surface area contributed by atoms with E-state index in [0.717, 1.165) is 17.1 Å². The zero-order valence-corrected chi connectivity index (χ0v) is 14.6. The average Bonchev–Trinajstić information content (AvgIpc) is 2.65. The minimum atomic E-state index is -0.469. The summed E-state index contributed by atoms with van der Waals surface area (Å²) in [6.45, 7) is 2.10. The van der Waals surface area contributed by atoms with Gasteiger partial charge >= 0.3 is 6.09 Å². The van der Waals surface area contributed by atoms with Crippen LogP contribution in [-0.4, -0.2) is 12.7 Å². The molecular weight excluding hydrogens is 326 g/mol. The first kappa shape index (κ1) is 17.4. The zero-order chi connectivity index (χ0) is 18.4. The van der Waals surface area contributed by atoms with Gasteiger partial charge in [0.15, 0.2) is 0 Å². The van der Waals surface area contributed by atoms with E-state index in [1.807, 2.05) is 78.9 Å². The molecule has 132 valence electrons. The number of hydrogen-bond acceptors (Lipinski definition) is 4. The van der Waals surface area contributed by atoms with Crippen molar-refractivity contribution in [3.8, 4) is 0 Å². The van der Waals surface area contributed by atoms with E-state index < -0.39 is 6.09 Å². The van der Waals surface area contributed by atoms with E-state index in [2.05, 4.69) is 10.2 Å². The van der Waals surface area contributed by atoms with Gasteiger partial charge in [0.05, 0.1) is 6.61 Å². The minimum Gasteiger partial charge on any atom is -0.450 e. The SMILES string of the molecule is CCOC(=O)Nc1cccc(N(c2ccccc2)c2ccc(N)cc2)c1. The molecule has 0 aliphatic carbocycles. The van der Waals surface area contributed by atoms with Crippen LogP contribution in [0.1, 0.15) is 6.92 Å². The van der Waals surface area contributed by atoms with Crippen LogP contribution in [0, 0.1) is 0 Å². The van der Waals surface area contributed by atoms with Gasteiger partial charge < -0.3 is 15.4 Å². The molecule has 5 heteroatoms. The molecule has 0 aliphatic rings. The summed E-state index contributed by atoms with van der Waals surface area (Å²) in [6.07, 6.45) is -0.469. The molecule has 1 amide bonds. The molecule has 0 unspecified atom stereocenters. The molecular formula is C21H21N3O2. The normalized spacial score (nSPS) is 10.2. The Balaban J connectivity index is 1.99. The molecule has 0 spiro atoms. The van der Waals surface area contributed by atoms with E-state index in [4.69, 9.17) is 10.5 Å². The molecule has 0 bridgehead atoms. The van der Waals surface area contributed by atoms with Gasteiger partial charge in [-0.15, -0.1) is 0 Å². The summed E-state index contributed by atoms with van der Waals surface area (Å²) in [5.74, 6) is 0. The van der Waals surface area contributed by atoms with E-state index >= 15 is 0 Å². The van der Waals surface area contributed by atoms with Gasteiger partial charge in [-0.3, -0.25) is 5.32 Å². The maximum Gasteiger partial charge on any atom is 0.411 e. The molecule has 5 nitrogen and oxygen atoms in total. The Bertz CT molecular complexity index is 864. The summed E-state index contributed by atoms with van der Waals surface area (Å²) in [5, 5.41) is 2.74. The number of nitrogen functional groups attached to an aromatic ring is 1. The van der Waals surface area contributed by atoms with Crippen LogP contribution in [0.2, 0.25) is 0 Å². The first-order chi connectivity index (χ1) is 12.7. The number of carbonyl (C=O) groups is 1. The van der Waals surface area contributed by atoms with E-state index in [-0.39, 0.29) is 0 Å². The number of carbonyl (C=O) groups excluding carboxylic acids is 1. The molecule has 0 heterocycles. The molecule has 0 aliphatic heterocycles. The largest absolute Gasteiger partial charge is 0.450 e. The highest BCUT2D eigenvalue weighted by Crippen LogP contribution is 2.35. The number of hydrogen-bond donors (Lipinski definition) is 2. The third-order valence-electron chi connectivity index (χ3n) is 3.79. The van der Waals surface area contributed by atoms with Crippen LogP contribution in [0.5, 0.6) is 0 Å². The van der Waals surface area contributed by atoms with Gasteiger partial charge in [-0.1, -0.05) is 24.3 Å². The molecule has 0 atom stereocenters. The molecule has 26 heavy (non-hydrogen) atoms. The highest BCUT2D eigenvalue weighted by Gasteiger charge is 2.13. The molecule has 0 aromatic heterocycles.